The monoisotopic (exact) mass is 279 g/mol. The van der Waals surface area contributed by atoms with Crippen molar-refractivity contribution in [1.29, 1.82) is 0 Å². The van der Waals surface area contributed by atoms with Crippen molar-refractivity contribution < 1.29 is 18.3 Å². The van der Waals surface area contributed by atoms with Crippen LogP contribution in [0.25, 0.3) is 0 Å². The van der Waals surface area contributed by atoms with Crippen LogP contribution in [-0.4, -0.2) is 24.5 Å². The van der Waals surface area contributed by atoms with Gasteiger partial charge in [-0.25, -0.2) is 0 Å². The van der Waals surface area contributed by atoms with Crippen LogP contribution in [0.1, 0.15) is 48.7 Å². The molecule has 0 N–H and O–H groups in total. The molecule has 110 valence electrons. The summed E-state index contributed by atoms with van der Waals surface area (Å²) in [5.41, 5.74) is 0.638. The molecule has 2 aliphatic rings. The molecule has 1 aromatic rings. The third-order valence-corrected chi connectivity index (χ3v) is 4.60. The van der Waals surface area contributed by atoms with Gasteiger partial charge >= 0.3 is 0 Å². The summed E-state index contributed by atoms with van der Waals surface area (Å²) in [7, 11) is -2.43. The van der Waals surface area contributed by atoms with Gasteiger partial charge in [0, 0.05) is 19.9 Å². The Kier molecular flexibility index (Phi) is 2.95. The van der Waals surface area contributed by atoms with Gasteiger partial charge in [0.1, 0.15) is 0 Å². The molecule has 0 spiro atoms. The maximum absolute atomic E-state index is 7.39. The lowest BCUT2D eigenvalue weighted by atomic mass is 9.79. The highest BCUT2D eigenvalue weighted by Gasteiger charge is 2.52. The van der Waals surface area contributed by atoms with E-state index in [1.165, 1.54) is 0 Å². The average molecular weight is 279 g/mol. The van der Waals surface area contributed by atoms with Crippen LogP contribution in [0.15, 0.2) is 30.3 Å². The zero-order chi connectivity index (χ0) is 16.6. The third-order valence-electron chi connectivity index (χ3n) is 4.60. The van der Waals surface area contributed by atoms with Gasteiger partial charge in [0.15, 0.2) is 5.79 Å². The number of ether oxygens (including phenoxy) is 3. The lowest BCUT2D eigenvalue weighted by Gasteiger charge is -2.53. The van der Waals surface area contributed by atoms with Gasteiger partial charge in [0.25, 0.3) is 0 Å². The Balaban J connectivity index is 1.67. The van der Waals surface area contributed by atoms with E-state index >= 15 is 0 Å². The van der Waals surface area contributed by atoms with E-state index in [2.05, 4.69) is 0 Å². The topological polar surface area (TPSA) is 27.7 Å². The third kappa shape index (κ3) is 2.62. The smallest absolute Gasteiger partial charge is 0.168 e. The molecular weight excluding hydrogens is 252 g/mol. The Morgan fingerprint density at radius 3 is 2.95 bits per heavy atom. The first-order chi connectivity index (χ1) is 10.8. The van der Waals surface area contributed by atoms with E-state index < -0.39 is 18.4 Å². The lowest BCUT2D eigenvalue weighted by Crippen LogP contribution is -2.59. The summed E-state index contributed by atoms with van der Waals surface area (Å²) in [5.74, 6) is -0.981. The van der Waals surface area contributed by atoms with E-state index in [1.807, 2.05) is 37.3 Å². The van der Waals surface area contributed by atoms with Crippen LogP contribution >= 0.6 is 0 Å². The highest BCUT2D eigenvalue weighted by molar-refractivity contribution is 5.13. The van der Waals surface area contributed by atoms with Crippen molar-refractivity contribution in [2.45, 2.75) is 63.1 Å². The lowest BCUT2D eigenvalue weighted by molar-refractivity contribution is -0.349. The SMILES string of the molecule is [2H]C([2H])([2H])OC12CCCC(C)(O1)C(OCc1ccccc1)CC2. The van der Waals surface area contributed by atoms with Crippen LogP contribution in [0, 0.1) is 0 Å². The van der Waals surface area contributed by atoms with Crippen molar-refractivity contribution in [1.82, 2.24) is 0 Å². The van der Waals surface area contributed by atoms with Gasteiger partial charge in [-0.3, -0.25) is 0 Å². The first kappa shape index (κ1) is 10.8. The van der Waals surface area contributed by atoms with E-state index in [1.54, 1.807) is 0 Å². The summed E-state index contributed by atoms with van der Waals surface area (Å²) < 4.78 is 39.8. The highest BCUT2D eigenvalue weighted by Crippen LogP contribution is 2.47. The van der Waals surface area contributed by atoms with Crippen LogP contribution < -0.4 is 0 Å². The Hall–Kier alpha value is -0.900. The molecule has 2 heterocycles. The molecule has 0 aliphatic carbocycles. The van der Waals surface area contributed by atoms with E-state index in [-0.39, 0.29) is 6.10 Å². The number of rotatable bonds is 4. The van der Waals surface area contributed by atoms with Gasteiger partial charge in [0.2, 0.25) is 0 Å². The predicted octanol–water partition coefficient (Wildman–Crippen LogP) is 3.67. The standard InChI is InChI=1S/C17H24O3/c1-16-10-6-11-17(18-2,20-16)12-9-15(16)19-13-14-7-4-3-5-8-14/h3-5,7-8,15H,6,9-13H2,1-2H3/i2D3. The molecule has 2 fully saturated rings. The number of fused-ring (bicyclic) bond motifs is 2. The second-order valence-electron chi connectivity index (χ2n) is 6.10. The molecule has 2 bridgehead atoms. The molecule has 2 saturated heterocycles. The van der Waals surface area contributed by atoms with Crippen molar-refractivity contribution in [3.05, 3.63) is 35.9 Å². The molecule has 3 atom stereocenters. The van der Waals surface area contributed by atoms with Crippen LogP contribution in [0.3, 0.4) is 0 Å². The van der Waals surface area contributed by atoms with Crippen molar-refractivity contribution in [2.75, 3.05) is 7.04 Å². The van der Waals surface area contributed by atoms with Crippen LogP contribution in [0.5, 0.6) is 0 Å². The minimum Gasteiger partial charge on any atom is -0.371 e. The quantitative estimate of drug-likeness (QED) is 0.841. The van der Waals surface area contributed by atoms with E-state index in [9.17, 15) is 0 Å². The molecule has 3 rings (SSSR count). The fraction of sp³-hybridized carbons (Fsp3) is 0.647. The van der Waals surface area contributed by atoms with Crippen LogP contribution in [0.2, 0.25) is 0 Å². The second-order valence-corrected chi connectivity index (χ2v) is 6.10. The molecule has 3 nitrogen and oxygen atoms in total. The summed E-state index contributed by atoms with van der Waals surface area (Å²) in [6.45, 7) is 2.55. The molecule has 0 radical (unpaired) electrons. The Morgan fingerprint density at radius 2 is 2.15 bits per heavy atom. The maximum Gasteiger partial charge on any atom is 0.168 e. The van der Waals surface area contributed by atoms with Crippen molar-refractivity contribution >= 4 is 0 Å². The largest absolute Gasteiger partial charge is 0.371 e. The number of hydrogen-bond donors (Lipinski definition) is 0. The van der Waals surface area contributed by atoms with Gasteiger partial charge in [-0.05, 0) is 31.7 Å². The predicted molar refractivity (Wildman–Crippen MR) is 77.3 cm³/mol. The van der Waals surface area contributed by atoms with Crippen LogP contribution in [0.4, 0.5) is 0 Å². The van der Waals surface area contributed by atoms with E-state index in [0.717, 1.165) is 24.8 Å². The Morgan fingerprint density at radius 1 is 1.30 bits per heavy atom. The van der Waals surface area contributed by atoms with Crippen molar-refractivity contribution in [3.8, 4) is 0 Å². The number of methoxy groups -OCH3 is 1. The first-order valence-corrected chi connectivity index (χ1v) is 7.36. The summed E-state index contributed by atoms with van der Waals surface area (Å²) >= 11 is 0. The number of hydrogen-bond acceptors (Lipinski definition) is 3. The molecular formula is C17H24O3. The van der Waals surface area contributed by atoms with Crippen molar-refractivity contribution in [3.63, 3.8) is 0 Å². The maximum atomic E-state index is 7.39. The average Bonchev–Trinajstić information content (AvgIpc) is 2.45. The minimum absolute atomic E-state index is 0.0451. The number of benzene rings is 1. The zero-order valence-electron chi connectivity index (χ0n) is 14.9. The fourth-order valence-electron chi connectivity index (χ4n) is 3.45. The molecule has 0 saturated carbocycles. The highest BCUT2D eigenvalue weighted by atomic mass is 16.7. The van der Waals surface area contributed by atoms with Gasteiger partial charge < -0.3 is 14.2 Å². The second kappa shape index (κ2) is 5.47. The summed E-state index contributed by atoms with van der Waals surface area (Å²) in [6.07, 6.45) is 3.64. The molecule has 0 amide bonds. The molecule has 3 heteroatoms. The molecule has 2 aliphatic heterocycles. The van der Waals surface area contributed by atoms with Crippen molar-refractivity contribution in [2.24, 2.45) is 0 Å². The fourth-order valence-corrected chi connectivity index (χ4v) is 3.45. The van der Waals surface area contributed by atoms with Gasteiger partial charge in [-0.2, -0.15) is 0 Å². The van der Waals surface area contributed by atoms with Gasteiger partial charge in [-0.15, -0.1) is 0 Å². The van der Waals surface area contributed by atoms with Crippen LogP contribution in [-0.2, 0) is 20.8 Å². The summed E-state index contributed by atoms with van der Waals surface area (Å²) in [4.78, 5) is 0. The van der Waals surface area contributed by atoms with E-state index in [4.69, 9.17) is 18.3 Å². The van der Waals surface area contributed by atoms with Gasteiger partial charge in [-0.1, -0.05) is 30.3 Å². The molecule has 1 aromatic carbocycles. The molecule has 20 heavy (non-hydrogen) atoms. The molecule has 0 aromatic heterocycles. The summed E-state index contributed by atoms with van der Waals surface area (Å²) in [5, 5.41) is 0. The normalized spacial score (nSPS) is 39.6. The Labute approximate surface area is 125 Å². The zero-order valence-corrected chi connectivity index (χ0v) is 11.9. The minimum atomic E-state index is -2.43. The van der Waals surface area contributed by atoms with E-state index in [0.29, 0.717) is 19.4 Å². The first-order valence-electron chi connectivity index (χ1n) is 8.86. The molecule has 3 unspecified atom stereocenters. The summed E-state index contributed by atoms with van der Waals surface area (Å²) in [6, 6.07) is 10.0. The Bertz CT molecular complexity index is 534. The van der Waals surface area contributed by atoms with Gasteiger partial charge in [0.05, 0.1) is 22.4 Å².